The van der Waals surface area contributed by atoms with Gasteiger partial charge in [0.2, 0.25) is 17.7 Å². The number of likely N-dealkylation sites (tertiary alicyclic amines) is 1. The van der Waals surface area contributed by atoms with Gasteiger partial charge in [-0.2, -0.15) is 11.8 Å². The zero-order valence-corrected chi connectivity index (χ0v) is 17.2. The summed E-state index contributed by atoms with van der Waals surface area (Å²) in [5, 5.41) is 17.3. The Balaban J connectivity index is 2.01. The number of amides is 3. The molecule has 4 N–H and O–H groups in total. The van der Waals surface area contributed by atoms with Gasteiger partial charge in [-0.15, -0.1) is 0 Å². The number of nitrogens with one attached hydrogen (secondary N) is 3. The number of nitrogens with zero attached hydrogens (tertiary/aromatic N) is 1. The number of carbonyl (C=O) groups excluding carboxylic acids is 3. The first-order valence-electron chi connectivity index (χ1n) is 9.71. The molecule has 2 heterocycles. The van der Waals surface area contributed by atoms with E-state index in [0.29, 0.717) is 25.1 Å². The van der Waals surface area contributed by atoms with Crippen LogP contribution in [0.2, 0.25) is 0 Å². The smallest absolute Gasteiger partial charge is 0.325 e. The molecule has 3 amide bonds. The van der Waals surface area contributed by atoms with Crippen LogP contribution in [0.25, 0.3) is 0 Å². The molecule has 0 bridgehead atoms. The van der Waals surface area contributed by atoms with Crippen LogP contribution in [0.1, 0.15) is 39.0 Å². The lowest BCUT2D eigenvalue weighted by Gasteiger charge is -2.28. The van der Waals surface area contributed by atoms with E-state index in [1.807, 2.05) is 6.26 Å². The van der Waals surface area contributed by atoms with Crippen molar-refractivity contribution in [3.05, 3.63) is 0 Å². The van der Waals surface area contributed by atoms with E-state index < -0.39 is 30.0 Å². The molecule has 0 spiro atoms. The second kappa shape index (κ2) is 10.7. The summed E-state index contributed by atoms with van der Waals surface area (Å²) < 4.78 is 0. The van der Waals surface area contributed by atoms with Crippen LogP contribution in [-0.4, -0.2) is 83.0 Å². The van der Waals surface area contributed by atoms with Gasteiger partial charge in [0, 0.05) is 6.54 Å². The quantitative estimate of drug-likeness (QED) is 0.403. The predicted molar refractivity (Wildman–Crippen MR) is 106 cm³/mol. The van der Waals surface area contributed by atoms with Crippen molar-refractivity contribution in [1.29, 1.82) is 0 Å². The lowest BCUT2D eigenvalue weighted by atomic mass is 10.1. The fourth-order valence-electron chi connectivity index (χ4n) is 3.55. The first-order valence-corrected chi connectivity index (χ1v) is 11.1. The topological polar surface area (TPSA) is 128 Å². The van der Waals surface area contributed by atoms with Crippen LogP contribution < -0.4 is 16.0 Å². The summed E-state index contributed by atoms with van der Waals surface area (Å²) in [4.78, 5) is 50.6. The summed E-state index contributed by atoms with van der Waals surface area (Å²) in [5.74, 6) is -1.43. The molecule has 2 aliphatic rings. The zero-order chi connectivity index (χ0) is 20.7. The maximum absolute atomic E-state index is 12.8. The normalized spacial score (nSPS) is 23.9. The largest absolute Gasteiger partial charge is 0.480 e. The molecule has 0 aromatic rings. The monoisotopic (exact) mass is 414 g/mol. The Morgan fingerprint density at radius 3 is 2.57 bits per heavy atom. The molecule has 158 valence electrons. The molecule has 2 saturated heterocycles. The summed E-state index contributed by atoms with van der Waals surface area (Å²) in [6.07, 6.45) is 5.30. The Labute approximate surface area is 169 Å². The summed E-state index contributed by atoms with van der Waals surface area (Å²) in [6.45, 7) is 2.71. The molecule has 0 saturated carbocycles. The molecule has 0 aliphatic carbocycles. The molecule has 10 heteroatoms. The number of hydrogen-bond acceptors (Lipinski definition) is 6. The molecule has 0 aromatic heterocycles. The van der Waals surface area contributed by atoms with Crippen LogP contribution in [0.15, 0.2) is 0 Å². The molecule has 28 heavy (non-hydrogen) atoms. The van der Waals surface area contributed by atoms with Crippen LogP contribution >= 0.6 is 11.8 Å². The fraction of sp³-hybridized carbons (Fsp3) is 0.778. The predicted octanol–water partition coefficient (Wildman–Crippen LogP) is -0.443. The number of hydrogen-bond donors (Lipinski definition) is 4. The van der Waals surface area contributed by atoms with E-state index in [1.54, 1.807) is 4.90 Å². The molecule has 2 fully saturated rings. The third-order valence-electron chi connectivity index (χ3n) is 5.17. The first kappa shape index (κ1) is 22.5. The zero-order valence-electron chi connectivity index (χ0n) is 16.4. The Morgan fingerprint density at radius 2 is 1.96 bits per heavy atom. The number of thioether (sulfide) groups is 1. The summed E-state index contributed by atoms with van der Waals surface area (Å²) >= 11 is 1.53. The number of aliphatic carboxylic acids is 1. The minimum Gasteiger partial charge on any atom is -0.480 e. The van der Waals surface area contributed by atoms with Crippen molar-refractivity contribution in [2.24, 2.45) is 0 Å². The van der Waals surface area contributed by atoms with E-state index >= 15 is 0 Å². The van der Waals surface area contributed by atoms with E-state index in [1.165, 1.54) is 18.7 Å². The van der Waals surface area contributed by atoms with Gasteiger partial charge in [-0.05, 0) is 57.6 Å². The van der Waals surface area contributed by atoms with Crippen LogP contribution in [0.4, 0.5) is 0 Å². The van der Waals surface area contributed by atoms with E-state index in [-0.39, 0.29) is 17.9 Å². The third-order valence-corrected chi connectivity index (χ3v) is 5.81. The van der Waals surface area contributed by atoms with Gasteiger partial charge in [0.25, 0.3) is 0 Å². The minimum absolute atomic E-state index is 0.0558. The van der Waals surface area contributed by atoms with Gasteiger partial charge in [0.1, 0.15) is 18.1 Å². The number of carboxylic acids is 1. The molecule has 4 atom stereocenters. The molecule has 4 unspecified atom stereocenters. The lowest BCUT2D eigenvalue weighted by molar-refractivity contribution is -0.142. The number of carbonyl (C=O) groups is 4. The number of carboxylic acid groups (broad SMARTS) is 1. The highest BCUT2D eigenvalue weighted by Gasteiger charge is 2.39. The van der Waals surface area contributed by atoms with Gasteiger partial charge in [-0.25, -0.2) is 0 Å². The molecular formula is C18H30N4O5S. The average molecular weight is 415 g/mol. The van der Waals surface area contributed by atoms with Crippen LogP contribution in [0.5, 0.6) is 0 Å². The standard InChI is InChI=1S/C18H30N4O5S/c1-11(18(26)27)20-15(23)12(7-10-28-2)21-16(24)14-6-4-9-22(14)17(25)13-5-3-8-19-13/h11-14,19H,3-10H2,1-2H3,(H,20,23)(H,21,24)(H,26,27). The Hall–Kier alpha value is -1.81. The summed E-state index contributed by atoms with van der Waals surface area (Å²) in [6, 6.07) is -2.69. The van der Waals surface area contributed by atoms with E-state index in [4.69, 9.17) is 5.11 Å². The molecular weight excluding hydrogens is 384 g/mol. The molecule has 9 nitrogen and oxygen atoms in total. The van der Waals surface area contributed by atoms with Crippen LogP contribution in [0.3, 0.4) is 0 Å². The Kier molecular flexibility index (Phi) is 8.56. The van der Waals surface area contributed by atoms with Crippen molar-refractivity contribution in [1.82, 2.24) is 20.9 Å². The highest BCUT2D eigenvalue weighted by molar-refractivity contribution is 7.98. The first-order chi connectivity index (χ1) is 13.3. The second-order valence-electron chi connectivity index (χ2n) is 7.25. The van der Waals surface area contributed by atoms with Crippen molar-refractivity contribution in [3.8, 4) is 0 Å². The van der Waals surface area contributed by atoms with Crippen molar-refractivity contribution in [2.45, 2.75) is 63.2 Å². The lowest BCUT2D eigenvalue weighted by Crippen LogP contribution is -2.56. The van der Waals surface area contributed by atoms with Gasteiger partial charge >= 0.3 is 5.97 Å². The van der Waals surface area contributed by atoms with Gasteiger partial charge in [0.05, 0.1) is 6.04 Å². The van der Waals surface area contributed by atoms with Gasteiger partial charge in [-0.3, -0.25) is 19.2 Å². The Morgan fingerprint density at radius 1 is 1.21 bits per heavy atom. The van der Waals surface area contributed by atoms with Gasteiger partial charge in [0.15, 0.2) is 0 Å². The van der Waals surface area contributed by atoms with Gasteiger partial charge in [-0.1, -0.05) is 0 Å². The summed E-state index contributed by atoms with van der Waals surface area (Å²) in [7, 11) is 0. The van der Waals surface area contributed by atoms with Gasteiger partial charge < -0.3 is 26.0 Å². The molecule has 2 rings (SSSR count). The summed E-state index contributed by atoms with van der Waals surface area (Å²) in [5.41, 5.74) is 0. The SMILES string of the molecule is CSCCC(NC(=O)C1CCCN1C(=O)C1CCCN1)C(=O)NC(C)C(=O)O. The molecule has 0 radical (unpaired) electrons. The van der Waals surface area contributed by atoms with E-state index in [9.17, 15) is 19.2 Å². The molecule has 2 aliphatic heterocycles. The average Bonchev–Trinajstić information content (AvgIpc) is 3.35. The molecule has 0 aromatic carbocycles. The van der Waals surface area contributed by atoms with Crippen LogP contribution in [0, 0.1) is 0 Å². The van der Waals surface area contributed by atoms with E-state index in [0.717, 1.165) is 25.8 Å². The van der Waals surface area contributed by atoms with Crippen molar-refractivity contribution >= 4 is 35.5 Å². The number of rotatable bonds is 9. The fourth-order valence-corrected chi connectivity index (χ4v) is 4.02. The highest BCUT2D eigenvalue weighted by Crippen LogP contribution is 2.21. The van der Waals surface area contributed by atoms with Crippen molar-refractivity contribution in [2.75, 3.05) is 25.1 Å². The van der Waals surface area contributed by atoms with E-state index in [2.05, 4.69) is 16.0 Å². The maximum Gasteiger partial charge on any atom is 0.325 e. The highest BCUT2D eigenvalue weighted by atomic mass is 32.2. The second-order valence-corrected chi connectivity index (χ2v) is 8.24. The van der Waals surface area contributed by atoms with Crippen molar-refractivity contribution in [3.63, 3.8) is 0 Å². The van der Waals surface area contributed by atoms with Crippen LogP contribution in [-0.2, 0) is 19.2 Å². The maximum atomic E-state index is 12.8. The minimum atomic E-state index is -1.14. The van der Waals surface area contributed by atoms with Crippen molar-refractivity contribution < 1.29 is 24.3 Å². The third kappa shape index (κ3) is 5.84. The Bertz CT molecular complexity index is 597.